The third-order valence-corrected chi connectivity index (χ3v) is 2.09. The van der Waals surface area contributed by atoms with Gasteiger partial charge in [0.2, 0.25) is 0 Å². The number of aryl methyl sites for hydroxylation is 1. The van der Waals surface area contributed by atoms with Crippen LogP contribution < -0.4 is 0 Å². The van der Waals surface area contributed by atoms with E-state index >= 15 is 0 Å². The van der Waals surface area contributed by atoms with Gasteiger partial charge in [-0.05, 0) is 31.4 Å². The Morgan fingerprint density at radius 3 is 2.62 bits per heavy atom. The Labute approximate surface area is 79.7 Å². The molecule has 1 atom stereocenters. The zero-order valence-electron chi connectivity index (χ0n) is 8.25. The maximum Gasteiger partial charge on any atom is 0.0829 e. The van der Waals surface area contributed by atoms with Crippen LogP contribution in [0.15, 0.2) is 36.4 Å². The summed E-state index contributed by atoms with van der Waals surface area (Å²) in [7, 11) is 0. The summed E-state index contributed by atoms with van der Waals surface area (Å²) in [6, 6.07) is 7.90. The van der Waals surface area contributed by atoms with Crippen LogP contribution in [0.25, 0.3) is 0 Å². The van der Waals surface area contributed by atoms with Crippen LogP contribution in [0.2, 0.25) is 0 Å². The summed E-state index contributed by atoms with van der Waals surface area (Å²) in [5.74, 6) is 0. The van der Waals surface area contributed by atoms with Gasteiger partial charge in [0.05, 0.1) is 6.10 Å². The highest BCUT2D eigenvalue weighted by molar-refractivity contribution is 5.28. The predicted octanol–water partition coefficient (Wildman–Crippen LogP) is 2.99. The van der Waals surface area contributed by atoms with E-state index in [9.17, 15) is 5.11 Å². The lowest BCUT2D eigenvalue weighted by atomic mass is 9.99. The Kier molecular flexibility index (Phi) is 3.26. The van der Waals surface area contributed by atoms with Crippen molar-refractivity contribution in [2.24, 2.45) is 0 Å². The summed E-state index contributed by atoms with van der Waals surface area (Å²) in [6.45, 7) is 7.73. The Hall–Kier alpha value is -1.08. The van der Waals surface area contributed by atoms with E-state index in [1.807, 2.05) is 38.1 Å². The van der Waals surface area contributed by atoms with Crippen LogP contribution in [0.1, 0.15) is 30.6 Å². The van der Waals surface area contributed by atoms with Crippen LogP contribution in [-0.4, -0.2) is 5.11 Å². The fourth-order valence-electron chi connectivity index (χ4n) is 1.40. The van der Waals surface area contributed by atoms with Gasteiger partial charge in [-0.1, -0.05) is 29.8 Å². The van der Waals surface area contributed by atoms with Crippen LogP contribution >= 0.6 is 0 Å². The molecule has 0 aliphatic heterocycles. The van der Waals surface area contributed by atoms with Crippen LogP contribution in [0.5, 0.6) is 0 Å². The van der Waals surface area contributed by atoms with E-state index in [-0.39, 0.29) is 0 Å². The third kappa shape index (κ3) is 2.71. The monoisotopic (exact) mass is 176 g/mol. The molecule has 1 unspecified atom stereocenters. The molecule has 0 aliphatic carbocycles. The number of rotatable bonds is 3. The van der Waals surface area contributed by atoms with Crippen molar-refractivity contribution in [1.82, 2.24) is 0 Å². The number of benzene rings is 1. The molecular weight excluding hydrogens is 160 g/mol. The Bertz CT molecular complexity index is 302. The maximum absolute atomic E-state index is 9.81. The number of aliphatic hydroxyl groups excluding tert-OH is 1. The molecule has 0 aliphatic rings. The molecule has 13 heavy (non-hydrogen) atoms. The second-order valence-electron chi connectivity index (χ2n) is 3.53. The van der Waals surface area contributed by atoms with E-state index in [4.69, 9.17) is 0 Å². The first-order valence-electron chi connectivity index (χ1n) is 4.49. The largest absolute Gasteiger partial charge is 0.388 e. The lowest BCUT2D eigenvalue weighted by Gasteiger charge is -2.12. The molecule has 1 N–H and O–H groups in total. The summed E-state index contributed by atoms with van der Waals surface area (Å²) in [5, 5.41) is 9.81. The second-order valence-corrected chi connectivity index (χ2v) is 3.53. The van der Waals surface area contributed by atoms with Gasteiger partial charge in [-0.15, -0.1) is 6.58 Å². The molecule has 1 aromatic rings. The van der Waals surface area contributed by atoms with Crippen molar-refractivity contribution >= 4 is 0 Å². The molecule has 70 valence electrons. The molecule has 0 radical (unpaired) electrons. The zero-order valence-corrected chi connectivity index (χ0v) is 8.25. The molecule has 0 aromatic heterocycles. The number of hydrogen-bond donors (Lipinski definition) is 1. The molecule has 0 amide bonds. The van der Waals surface area contributed by atoms with Crippen molar-refractivity contribution in [1.29, 1.82) is 0 Å². The van der Waals surface area contributed by atoms with Crippen molar-refractivity contribution in [3.63, 3.8) is 0 Å². The van der Waals surface area contributed by atoms with E-state index in [1.54, 1.807) is 0 Å². The minimum absolute atomic E-state index is 0.404. The molecule has 0 fully saturated rings. The molecular formula is C12H16O. The van der Waals surface area contributed by atoms with Crippen LogP contribution in [-0.2, 0) is 0 Å². The van der Waals surface area contributed by atoms with Gasteiger partial charge >= 0.3 is 0 Å². The van der Waals surface area contributed by atoms with E-state index < -0.39 is 6.10 Å². The van der Waals surface area contributed by atoms with Crippen molar-refractivity contribution < 1.29 is 5.11 Å². The first kappa shape index (κ1) is 10.0. The van der Waals surface area contributed by atoms with Crippen molar-refractivity contribution in [3.05, 3.63) is 47.5 Å². The van der Waals surface area contributed by atoms with Gasteiger partial charge in [-0.2, -0.15) is 0 Å². The fourth-order valence-corrected chi connectivity index (χ4v) is 1.40. The summed E-state index contributed by atoms with van der Waals surface area (Å²) >= 11 is 0. The Morgan fingerprint density at radius 1 is 1.46 bits per heavy atom. The minimum atomic E-state index is -0.404. The Balaban J connectivity index is 2.82. The predicted molar refractivity (Wildman–Crippen MR) is 55.6 cm³/mol. The van der Waals surface area contributed by atoms with E-state index in [0.717, 1.165) is 16.7 Å². The summed E-state index contributed by atoms with van der Waals surface area (Å²) in [6.07, 6.45) is 0.240. The molecule has 1 aromatic carbocycles. The van der Waals surface area contributed by atoms with Gasteiger partial charge in [-0.3, -0.25) is 0 Å². The average Bonchev–Trinajstić information content (AvgIpc) is 2.03. The quantitative estimate of drug-likeness (QED) is 0.702. The van der Waals surface area contributed by atoms with Crippen molar-refractivity contribution in [3.8, 4) is 0 Å². The zero-order chi connectivity index (χ0) is 9.84. The minimum Gasteiger partial charge on any atom is -0.388 e. The standard InChI is InChI=1S/C12H16O/c1-9(2)8-12(13)11-7-5-4-6-10(11)3/h4-7,12-13H,1,8H2,2-3H3. The first-order chi connectivity index (χ1) is 6.11. The highest BCUT2D eigenvalue weighted by Crippen LogP contribution is 2.22. The van der Waals surface area contributed by atoms with Crippen LogP contribution in [0, 0.1) is 6.92 Å². The molecule has 0 saturated heterocycles. The Morgan fingerprint density at radius 2 is 2.08 bits per heavy atom. The van der Waals surface area contributed by atoms with Gasteiger partial charge in [0.15, 0.2) is 0 Å². The molecule has 0 bridgehead atoms. The molecule has 0 saturated carbocycles. The van der Waals surface area contributed by atoms with Gasteiger partial charge in [0.25, 0.3) is 0 Å². The lowest BCUT2D eigenvalue weighted by Crippen LogP contribution is -1.99. The normalized spacial score (nSPS) is 12.5. The van der Waals surface area contributed by atoms with E-state index in [0.29, 0.717) is 6.42 Å². The van der Waals surface area contributed by atoms with Crippen molar-refractivity contribution in [2.75, 3.05) is 0 Å². The number of aliphatic hydroxyl groups is 1. The lowest BCUT2D eigenvalue weighted by molar-refractivity contribution is 0.178. The highest BCUT2D eigenvalue weighted by Gasteiger charge is 2.08. The van der Waals surface area contributed by atoms with Gasteiger partial charge in [-0.25, -0.2) is 0 Å². The smallest absolute Gasteiger partial charge is 0.0829 e. The van der Waals surface area contributed by atoms with E-state index in [2.05, 4.69) is 6.58 Å². The average molecular weight is 176 g/mol. The van der Waals surface area contributed by atoms with Gasteiger partial charge in [0.1, 0.15) is 0 Å². The summed E-state index contributed by atoms with van der Waals surface area (Å²) in [5.41, 5.74) is 3.15. The van der Waals surface area contributed by atoms with Crippen molar-refractivity contribution in [2.45, 2.75) is 26.4 Å². The van der Waals surface area contributed by atoms with Gasteiger partial charge < -0.3 is 5.11 Å². The molecule has 0 heterocycles. The first-order valence-corrected chi connectivity index (χ1v) is 4.49. The summed E-state index contributed by atoms with van der Waals surface area (Å²) in [4.78, 5) is 0. The molecule has 0 spiro atoms. The molecule has 1 nitrogen and oxygen atoms in total. The van der Waals surface area contributed by atoms with Crippen LogP contribution in [0.4, 0.5) is 0 Å². The summed E-state index contributed by atoms with van der Waals surface area (Å²) < 4.78 is 0. The SMILES string of the molecule is C=C(C)CC(O)c1ccccc1C. The van der Waals surface area contributed by atoms with Gasteiger partial charge in [0, 0.05) is 0 Å². The number of hydrogen-bond acceptors (Lipinski definition) is 1. The van der Waals surface area contributed by atoms with E-state index in [1.165, 1.54) is 0 Å². The maximum atomic E-state index is 9.81. The molecule has 1 heteroatoms. The topological polar surface area (TPSA) is 20.2 Å². The van der Waals surface area contributed by atoms with Crippen LogP contribution in [0.3, 0.4) is 0 Å². The molecule has 1 rings (SSSR count). The highest BCUT2D eigenvalue weighted by atomic mass is 16.3. The second kappa shape index (κ2) is 4.24. The fraction of sp³-hybridized carbons (Fsp3) is 0.333. The third-order valence-electron chi connectivity index (χ3n) is 2.09.